The maximum absolute atomic E-state index is 11.7. The van der Waals surface area contributed by atoms with Crippen LogP contribution in [0.3, 0.4) is 0 Å². The average molecular weight is 223 g/mol. The Hall–Kier alpha value is -1.36. The molecule has 1 aliphatic rings. The molecule has 2 rings (SSSR count). The molecule has 16 heavy (non-hydrogen) atoms. The average Bonchev–Trinajstić information content (AvgIpc) is 2.58. The molecule has 1 aromatic rings. The Morgan fingerprint density at radius 3 is 3.12 bits per heavy atom. The van der Waals surface area contributed by atoms with Gasteiger partial charge in [0, 0.05) is 24.3 Å². The Kier molecular flexibility index (Phi) is 2.96. The quantitative estimate of drug-likeness (QED) is 0.757. The summed E-state index contributed by atoms with van der Waals surface area (Å²) in [5.74, 6) is -0.364. The van der Waals surface area contributed by atoms with Crippen LogP contribution in [0.1, 0.15) is 47.6 Å². The first-order valence-electron chi connectivity index (χ1n) is 5.63. The highest BCUT2D eigenvalue weighted by Crippen LogP contribution is 2.30. The highest BCUT2D eigenvalue weighted by molar-refractivity contribution is 5.89. The predicted molar refractivity (Wildman–Crippen MR) is 59.0 cm³/mol. The number of esters is 1. The lowest BCUT2D eigenvalue weighted by Gasteiger charge is -2.19. The highest BCUT2D eigenvalue weighted by Gasteiger charge is 2.29. The van der Waals surface area contributed by atoms with Crippen molar-refractivity contribution in [2.75, 3.05) is 6.61 Å². The van der Waals surface area contributed by atoms with Crippen molar-refractivity contribution >= 4 is 5.97 Å². The third-order valence-corrected chi connectivity index (χ3v) is 2.97. The molecule has 0 radical (unpaired) electrons. The first-order valence-corrected chi connectivity index (χ1v) is 5.63. The van der Waals surface area contributed by atoms with Gasteiger partial charge >= 0.3 is 5.97 Å². The van der Waals surface area contributed by atoms with E-state index >= 15 is 0 Å². The predicted octanol–water partition coefficient (Wildman–Crippen LogP) is 0.933. The van der Waals surface area contributed by atoms with E-state index in [4.69, 9.17) is 10.5 Å². The molecule has 0 amide bonds. The molecule has 0 aliphatic heterocycles. The lowest BCUT2D eigenvalue weighted by molar-refractivity contribution is 0.0516. The Morgan fingerprint density at radius 1 is 1.69 bits per heavy atom. The third kappa shape index (κ3) is 1.71. The molecule has 5 heteroatoms. The van der Waals surface area contributed by atoms with E-state index in [0.29, 0.717) is 12.3 Å². The number of nitrogens with zero attached hydrogens (tertiary/aromatic N) is 2. The maximum Gasteiger partial charge on any atom is 0.359 e. The van der Waals surface area contributed by atoms with Crippen LogP contribution in [-0.2, 0) is 18.2 Å². The number of aryl methyl sites for hydroxylation is 1. The number of nitrogens with two attached hydrogens (primary N) is 1. The fraction of sp³-hybridized carbons (Fsp3) is 0.636. The van der Waals surface area contributed by atoms with Crippen LogP contribution >= 0.6 is 0 Å². The van der Waals surface area contributed by atoms with E-state index in [1.165, 1.54) is 0 Å². The maximum atomic E-state index is 11.7. The molecule has 0 saturated carbocycles. The zero-order chi connectivity index (χ0) is 11.7. The fourth-order valence-corrected chi connectivity index (χ4v) is 2.25. The number of hydrogen-bond donors (Lipinski definition) is 1. The van der Waals surface area contributed by atoms with Crippen molar-refractivity contribution < 1.29 is 9.53 Å². The fourth-order valence-electron chi connectivity index (χ4n) is 2.25. The Morgan fingerprint density at radius 2 is 2.44 bits per heavy atom. The molecular formula is C11H17N3O2. The van der Waals surface area contributed by atoms with Gasteiger partial charge < -0.3 is 10.5 Å². The Bertz CT molecular complexity index is 412. The van der Waals surface area contributed by atoms with Crippen molar-refractivity contribution in [1.82, 2.24) is 9.78 Å². The van der Waals surface area contributed by atoms with E-state index < -0.39 is 0 Å². The smallest absolute Gasteiger partial charge is 0.359 e. The van der Waals surface area contributed by atoms with Crippen LogP contribution in [0.5, 0.6) is 0 Å². The second-order valence-corrected chi connectivity index (χ2v) is 4.05. The van der Waals surface area contributed by atoms with Crippen molar-refractivity contribution in [3.8, 4) is 0 Å². The van der Waals surface area contributed by atoms with E-state index in [2.05, 4.69) is 5.10 Å². The molecule has 1 heterocycles. The number of hydrogen-bond acceptors (Lipinski definition) is 4. The van der Waals surface area contributed by atoms with Crippen molar-refractivity contribution in [3.63, 3.8) is 0 Å². The Labute approximate surface area is 94.6 Å². The first-order chi connectivity index (χ1) is 7.65. The number of aromatic nitrogens is 2. The van der Waals surface area contributed by atoms with Gasteiger partial charge in [0.1, 0.15) is 0 Å². The summed E-state index contributed by atoms with van der Waals surface area (Å²) >= 11 is 0. The molecule has 88 valence electrons. The van der Waals surface area contributed by atoms with E-state index in [1.807, 2.05) is 7.05 Å². The minimum atomic E-state index is -0.364. The molecule has 0 bridgehead atoms. The molecule has 1 atom stereocenters. The van der Waals surface area contributed by atoms with Crippen LogP contribution in [-0.4, -0.2) is 22.4 Å². The minimum absolute atomic E-state index is 0.0862. The van der Waals surface area contributed by atoms with Gasteiger partial charge in [0.2, 0.25) is 0 Å². The molecule has 0 spiro atoms. The number of ether oxygens (including phenoxy) is 1. The molecule has 0 fully saturated rings. The summed E-state index contributed by atoms with van der Waals surface area (Å²) in [6.45, 7) is 2.15. The second kappa shape index (κ2) is 4.25. The van der Waals surface area contributed by atoms with E-state index in [9.17, 15) is 4.79 Å². The second-order valence-electron chi connectivity index (χ2n) is 4.05. The van der Waals surface area contributed by atoms with Crippen LogP contribution < -0.4 is 5.73 Å². The van der Waals surface area contributed by atoms with E-state index in [0.717, 1.165) is 30.5 Å². The summed E-state index contributed by atoms with van der Waals surface area (Å²) in [5, 5.41) is 4.22. The minimum Gasteiger partial charge on any atom is -0.461 e. The first kappa shape index (κ1) is 11.1. The van der Waals surface area contributed by atoms with Crippen molar-refractivity contribution in [2.45, 2.75) is 32.2 Å². The summed E-state index contributed by atoms with van der Waals surface area (Å²) in [5.41, 5.74) is 8.38. The molecule has 1 unspecified atom stereocenters. The molecular weight excluding hydrogens is 206 g/mol. The topological polar surface area (TPSA) is 70.1 Å². The summed E-state index contributed by atoms with van der Waals surface area (Å²) in [6, 6.07) is -0.0862. The monoisotopic (exact) mass is 223 g/mol. The summed E-state index contributed by atoms with van der Waals surface area (Å²) in [6.07, 6.45) is 2.90. The van der Waals surface area contributed by atoms with Crippen LogP contribution in [0.25, 0.3) is 0 Å². The molecule has 0 aromatic carbocycles. The zero-order valence-corrected chi connectivity index (χ0v) is 9.69. The molecule has 2 N–H and O–H groups in total. The van der Waals surface area contributed by atoms with Crippen molar-refractivity contribution in [2.24, 2.45) is 12.8 Å². The third-order valence-electron chi connectivity index (χ3n) is 2.97. The van der Waals surface area contributed by atoms with Gasteiger partial charge in [0.15, 0.2) is 5.69 Å². The van der Waals surface area contributed by atoms with Crippen molar-refractivity contribution in [3.05, 3.63) is 17.0 Å². The normalized spacial score (nSPS) is 19.3. The van der Waals surface area contributed by atoms with Crippen LogP contribution in [0.15, 0.2) is 0 Å². The van der Waals surface area contributed by atoms with Gasteiger partial charge in [-0.1, -0.05) is 0 Å². The van der Waals surface area contributed by atoms with Crippen molar-refractivity contribution in [1.29, 1.82) is 0 Å². The largest absolute Gasteiger partial charge is 0.461 e. The van der Waals surface area contributed by atoms with Gasteiger partial charge in [-0.05, 0) is 26.2 Å². The lowest BCUT2D eigenvalue weighted by Crippen LogP contribution is -2.20. The van der Waals surface area contributed by atoms with Crippen LogP contribution in [0.2, 0.25) is 0 Å². The van der Waals surface area contributed by atoms with Gasteiger partial charge in [0.05, 0.1) is 6.61 Å². The molecule has 5 nitrogen and oxygen atoms in total. The lowest BCUT2D eigenvalue weighted by atomic mass is 9.91. The van der Waals surface area contributed by atoms with Gasteiger partial charge in [-0.15, -0.1) is 0 Å². The summed E-state index contributed by atoms with van der Waals surface area (Å²) in [7, 11) is 1.85. The SMILES string of the molecule is CCOC(=O)c1nn(C)c2c1C(N)CCC2. The van der Waals surface area contributed by atoms with Gasteiger partial charge in [-0.2, -0.15) is 5.10 Å². The van der Waals surface area contributed by atoms with Crippen LogP contribution in [0.4, 0.5) is 0 Å². The number of fused-ring (bicyclic) bond motifs is 1. The van der Waals surface area contributed by atoms with Gasteiger partial charge in [-0.3, -0.25) is 4.68 Å². The Balaban J connectivity index is 2.43. The molecule has 1 aliphatic carbocycles. The zero-order valence-electron chi connectivity index (χ0n) is 9.69. The number of carbonyl (C=O) groups is 1. The van der Waals surface area contributed by atoms with E-state index in [-0.39, 0.29) is 12.0 Å². The summed E-state index contributed by atoms with van der Waals surface area (Å²) < 4.78 is 6.74. The van der Waals surface area contributed by atoms with Crippen LogP contribution in [0, 0.1) is 0 Å². The van der Waals surface area contributed by atoms with E-state index in [1.54, 1.807) is 11.6 Å². The van der Waals surface area contributed by atoms with Gasteiger partial charge in [0.25, 0.3) is 0 Å². The molecule has 1 aromatic heterocycles. The highest BCUT2D eigenvalue weighted by atomic mass is 16.5. The number of carbonyl (C=O) groups excluding carboxylic acids is 1. The summed E-state index contributed by atoms with van der Waals surface area (Å²) in [4.78, 5) is 11.7. The van der Waals surface area contributed by atoms with Gasteiger partial charge in [-0.25, -0.2) is 4.79 Å². The number of rotatable bonds is 2. The molecule has 0 saturated heterocycles. The standard InChI is InChI=1S/C11H17N3O2/c1-3-16-11(15)10-9-7(12)5-4-6-8(9)14(2)13-10/h7H,3-6,12H2,1-2H3.